The van der Waals surface area contributed by atoms with E-state index in [0.29, 0.717) is 6.54 Å². The number of hydrogen-bond donors (Lipinski definition) is 1. The number of nitrogens with one attached hydrogen (secondary N) is 1. The van der Waals surface area contributed by atoms with E-state index in [0.717, 1.165) is 22.4 Å². The largest absolute Gasteiger partial charge is 0.365 e. The van der Waals surface area contributed by atoms with Crippen LogP contribution in [0.4, 0.5) is 5.82 Å². The van der Waals surface area contributed by atoms with E-state index in [-0.39, 0.29) is 0 Å². The standard InChI is InChI=1S/C20H17N5/c1-3-7-16(8-4-1)11-12-25-20-18(14-24-25)19(22-15-23-20)21-13-17-9-5-2-6-10-17/h1-12,14-15H,13H2,(H,21,22,23)/b12-11-. The first-order valence-electron chi connectivity index (χ1n) is 8.09. The van der Waals surface area contributed by atoms with Crippen LogP contribution in [0.3, 0.4) is 0 Å². The quantitative estimate of drug-likeness (QED) is 0.600. The second-order valence-corrected chi connectivity index (χ2v) is 5.61. The van der Waals surface area contributed by atoms with E-state index in [1.807, 2.05) is 60.8 Å². The second kappa shape index (κ2) is 6.97. The van der Waals surface area contributed by atoms with Crippen LogP contribution in [0.1, 0.15) is 11.1 Å². The zero-order valence-corrected chi connectivity index (χ0v) is 13.6. The van der Waals surface area contributed by atoms with Gasteiger partial charge in [-0.2, -0.15) is 5.10 Å². The molecule has 5 nitrogen and oxygen atoms in total. The Morgan fingerprint density at radius 3 is 2.48 bits per heavy atom. The molecule has 0 aliphatic rings. The Morgan fingerprint density at radius 2 is 1.68 bits per heavy atom. The monoisotopic (exact) mass is 327 g/mol. The smallest absolute Gasteiger partial charge is 0.167 e. The van der Waals surface area contributed by atoms with Gasteiger partial charge < -0.3 is 5.32 Å². The van der Waals surface area contributed by atoms with Crippen LogP contribution in [0.15, 0.2) is 73.2 Å². The average molecular weight is 327 g/mol. The Labute approximate surface area is 145 Å². The molecule has 0 saturated carbocycles. The molecular weight excluding hydrogens is 310 g/mol. The molecule has 0 aliphatic carbocycles. The van der Waals surface area contributed by atoms with Crippen LogP contribution in [-0.4, -0.2) is 19.7 Å². The summed E-state index contributed by atoms with van der Waals surface area (Å²) in [5.74, 6) is 0.785. The minimum Gasteiger partial charge on any atom is -0.365 e. The molecule has 0 fully saturated rings. The Morgan fingerprint density at radius 1 is 0.920 bits per heavy atom. The van der Waals surface area contributed by atoms with Crippen molar-refractivity contribution >= 4 is 29.1 Å². The van der Waals surface area contributed by atoms with Gasteiger partial charge in [-0.25, -0.2) is 14.6 Å². The normalized spacial score (nSPS) is 11.2. The maximum absolute atomic E-state index is 4.41. The summed E-state index contributed by atoms with van der Waals surface area (Å²) in [5.41, 5.74) is 3.09. The van der Waals surface area contributed by atoms with Crippen molar-refractivity contribution in [3.63, 3.8) is 0 Å². The van der Waals surface area contributed by atoms with Gasteiger partial charge in [-0.05, 0) is 17.2 Å². The Kier molecular flexibility index (Phi) is 4.20. The molecule has 1 N–H and O–H groups in total. The first kappa shape index (κ1) is 15.1. The van der Waals surface area contributed by atoms with Crippen molar-refractivity contribution in [3.8, 4) is 0 Å². The van der Waals surface area contributed by atoms with Crippen LogP contribution in [0.5, 0.6) is 0 Å². The number of anilines is 1. The molecule has 4 rings (SSSR count). The fourth-order valence-electron chi connectivity index (χ4n) is 2.61. The molecule has 2 heterocycles. The predicted molar refractivity (Wildman–Crippen MR) is 101 cm³/mol. The average Bonchev–Trinajstić information content (AvgIpc) is 3.10. The lowest BCUT2D eigenvalue weighted by molar-refractivity contribution is 0.949. The first-order chi connectivity index (χ1) is 12.4. The molecule has 0 aliphatic heterocycles. The van der Waals surface area contributed by atoms with E-state index in [4.69, 9.17) is 0 Å². The molecule has 25 heavy (non-hydrogen) atoms. The van der Waals surface area contributed by atoms with Gasteiger partial charge in [0, 0.05) is 12.7 Å². The van der Waals surface area contributed by atoms with Crippen LogP contribution < -0.4 is 5.32 Å². The molecule has 0 radical (unpaired) electrons. The summed E-state index contributed by atoms with van der Waals surface area (Å²) in [7, 11) is 0. The van der Waals surface area contributed by atoms with Crippen LogP contribution in [0.2, 0.25) is 0 Å². The summed E-state index contributed by atoms with van der Waals surface area (Å²) in [4.78, 5) is 8.72. The van der Waals surface area contributed by atoms with Crippen molar-refractivity contribution in [3.05, 3.63) is 84.3 Å². The third kappa shape index (κ3) is 3.40. The minimum absolute atomic E-state index is 0.706. The molecule has 2 aromatic heterocycles. The lowest BCUT2D eigenvalue weighted by Gasteiger charge is -2.06. The van der Waals surface area contributed by atoms with Gasteiger partial charge in [0.05, 0.1) is 11.6 Å². The van der Waals surface area contributed by atoms with Crippen LogP contribution in [0, 0.1) is 0 Å². The van der Waals surface area contributed by atoms with E-state index in [1.54, 1.807) is 17.2 Å². The fraction of sp³-hybridized carbons (Fsp3) is 0.0500. The van der Waals surface area contributed by atoms with Gasteiger partial charge in [0.1, 0.15) is 12.1 Å². The molecule has 2 aromatic carbocycles. The second-order valence-electron chi connectivity index (χ2n) is 5.61. The van der Waals surface area contributed by atoms with Crippen molar-refractivity contribution in [1.82, 2.24) is 19.7 Å². The van der Waals surface area contributed by atoms with E-state index in [1.165, 1.54) is 5.56 Å². The third-order valence-electron chi connectivity index (χ3n) is 3.90. The fourth-order valence-corrected chi connectivity index (χ4v) is 2.61. The van der Waals surface area contributed by atoms with Gasteiger partial charge in [-0.1, -0.05) is 60.7 Å². The topological polar surface area (TPSA) is 55.6 Å². The van der Waals surface area contributed by atoms with Gasteiger partial charge in [-0.3, -0.25) is 0 Å². The number of benzene rings is 2. The van der Waals surface area contributed by atoms with Crippen LogP contribution >= 0.6 is 0 Å². The van der Waals surface area contributed by atoms with Crippen molar-refractivity contribution in [2.75, 3.05) is 5.32 Å². The van der Waals surface area contributed by atoms with Crippen LogP contribution in [0.25, 0.3) is 23.3 Å². The molecule has 0 unspecified atom stereocenters. The maximum atomic E-state index is 4.41. The van der Waals surface area contributed by atoms with Gasteiger partial charge in [0.2, 0.25) is 0 Å². The van der Waals surface area contributed by atoms with Crippen LogP contribution in [-0.2, 0) is 6.54 Å². The van der Waals surface area contributed by atoms with Gasteiger partial charge in [-0.15, -0.1) is 0 Å². The molecule has 122 valence electrons. The molecule has 0 saturated heterocycles. The number of fused-ring (bicyclic) bond motifs is 1. The van der Waals surface area contributed by atoms with Gasteiger partial charge in [0.25, 0.3) is 0 Å². The molecule has 0 amide bonds. The third-order valence-corrected chi connectivity index (χ3v) is 3.90. The zero-order valence-electron chi connectivity index (χ0n) is 13.6. The number of nitrogens with zero attached hydrogens (tertiary/aromatic N) is 4. The van der Waals surface area contributed by atoms with Crippen molar-refractivity contribution < 1.29 is 0 Å². The highest BCUT2D eigenvalue weighted by atomic mass is 15.3. The minimum atomic E-state index is 0.706. The predicted octanol–water partition coefficient (Wildman–Crippen LogP) is 4.07. The summed E-state index contributed by atoms with van der Waals surface area (Å²) in [5, 5.41) is 8.68. The Bertz CT molecular complexity index is 990. The maximum Gasteiger partial charge on any atom is 0.167 e. The molecule has 0 spiro atoms. The molecule has 0 bridgehead atoms. The van der Waals surface area contributed by atoms with Gasteiger partial charge in [0.15, 0.2) is 5.65 Å². The van der Waals surface area contributed by atoms with E-state index in [2.05, 4.69) is 32.5 Å². The van der Waals surface area contributed by atoms with E-state index >= 15 is 0 Å². The highest BCUT2D eigenvalue weighted by molar-refractivity contribution is 5.87. The lowest BCUT2D eigenvalue weighted by atomic mass is 10.2. The number of rotatable bonds is 5. The van der Waals surface area contributed by atoms with E-state index in [9.17, 15) is 0 Å². The molecular formula is C20H17N5. The highest BCUT2D eigenvalue weighted by Gasteiger charge is 2.08. The Balaban J connectivity index is 1.58. The van der Waals surface area contributed by atoms with Crippen molar-refractivity contribution in [2.24, 2.45) is 0 Å². The summed E-state index contributed by atoms with van der Waals surface area (Å²) in [6, 6.07) is 20.3. The molecule has 4 aromatic rings. The summed E-state index contributed by atoms with van der Waals surface area (Å²) in [6.45, 7) is 0.706. The van der Waals surface area contributed by atoms with Crippen molar-refractivity contribution in [2.45, 2.75) is 6.54 Å². The number of hydrogen-bond acceptors (Lipinski definition) is 4. The molecule has 5 heteroatoms. The highest BCUT2D eigenvalue weighted by Crippen LogP contribution is 2.19. The molecule has 0 atom stereocenters. The van der Waals surface area contributed by atoms with Crippen molar-refractivity contribution in [1.29, 1.82) is 0 Å². The Hall–Kier alpha value is -3.47. The number of aromatic nitrogens is 4. The van der Waals surface area contributed by atoms with E-state index < -0.39 is 0 Å². The first-order valence-corrected chi connectivity index (χ1v) is 8.09. The summed E-state index contributed by atoms with van der Waals surface area (Å²) < 4.78 is 1.76. The SMILES string of the molecule is C(=C/n1ncc2c(NCc3ccccc3)ncnc21)/c1ccccc1. The summed E-state index contributed by atoms with van der Waals surface area (Å²) >= 11 is 0. The zero-order chi connectivity index (χ0) is 16.9. The summed E-state index contributed by atoms with van der Waals surface area (Å²) in [6.07, 6.45) is 7.26. The lowest BCUT2D eigenvalue weighted by Crippen LogP contribution is -2.02. The van der Waals surface area contributed by atoms with Gasteiger partial charge >= 0.3 is 0 Å².